The van der Waals surface area contributed by atoms with Gasteiger partial charge in [0.2, 0.25) is 5.75 Å². The number of carbonyl (C=O) groups excluding carboxylic acids is 1. The quantitative estimate of drug-likeness (QED) is 0.482. The van der Waals surface area contributed by atoms with E-state index < -0.39 is 0 Å². The summed E-state index contributed by atoms with van der Waals surface area (Å²) in [5.41, 5.74) is 1.67. The van der Waals surface area contributed by atoms with Crippen LogP contribution in [0.2, 0.25) is 0 Å². The first kappa shape index (κ1) is 18.0. The Hall–Kier alpha value is -3.41. The van der Waals surface area contributed by atoms with Crippen molar-refractivity contribution in [2.45, 2.75) is 12.3 Å². The molecular weight excluding hydrogens is 360 g/mol. The summed E-state index contributed by atoms with van der Waals surface area (Å²) in [5, 5.41) is 0. The third kappa shape index (κ3) is 2.97. The number of carbonyl (C=O) groups is 1. The van der Waals surface area contributed by atoms with Crippen LogP contribution in [0.1, 0.15) is 23.7 Å². The molecule has 0 unspecified atom stereocenters. The predicted octanol–water partition coefficient (Wildman–Crippen LogP) is 4.41. The molecule has 0 aliphatic carbocycles. The second kappa shape index (κ2) is 7.31. The van der Waals surface area contributed by atoms with Crippen molar-refractivity contribution < 1.29 is 28.2 Å². The molecule has 0 amide bonds. The van der Waals surface area contributed by atoms with Crippen LogP contribution in [0.3, 0.4) is 0 Å². The molecule has 0 saturated carbocycles. The lowest BCUT2D eigenvalue weighted by Crippen LogP contribution is -2.21. The fourth-order valence-electron chi connectivity index (χ4n) is 3.54. The number of ether oxygens (including phenoxy) is 4. The Bertz CT molecular complexity index is 1010. The minimum Gasteiger partial charge on any atom is -0.493 e. The number of esters is 1. The van der Waals surface area contributed by atoms with Crippen LogP contribution >= 0.6 is 0 Å². The fourth-order valence-corrected chi connectivity index (χ4v) is 3.54. The van der Waals surface area contributed by atoms with Crippen molar-refractivity contribution in [3.8, 4) is 34.3 Å². The molecule has 6 heteroatoms. The summed E-state index contributed by atoms with van der Waals surface area (Å²) < 4.78 is 28.0. The van der Waals surface area contributed by atoms with E-state index in [2.05, 4.69) is 0 Å². The van der Waals surface area contributed by atoms with E-state index in [4.69, 9.17) is 23.4 Å². The van der Waals surface area contributed by atoms with Crippen molar-refractivity contribution in [1.29, 1.82) is 0 Å². The maximum atomic E-state index is 12.3. The molecule has 3 aromatic rings. The van der Waals surface area contributed by atoms with Crippen molar-refractivity contribution in [3.63, 3.8) is 0 Å². The van der Waals surface area contributed by atoms with Gasteiger partial charge in [0, 0.05) is 11.6 Å². The van der Waals surface area contributed by atoms with Gasteiger partial charge < -0.3 is 23.4 Å². The molecule has 0 bridgehead atoms. The summed E-state index contributed by atoms with van der Waals surface area (Å²) in [5.74, 6) is 2.41. The molecule has 1 aliphatic heterocycles. The lowest BCUT2D eigenvalue weighted by molar-refractivity contribution is -0.135. The van der Waals surface area contributed by atoms with E-state index in [1.54, 1.807) is 13.2 Å². The van der Waals surface area contributed by atoms with Crippen LogP contribution in [0, 0.1) is 0 Å². The lowest BCUT2D eigenvalue weighted by atomic mass is 9.89. The van der Waals surface area contributed by atoms with Gasteiger partial charge in [-0.1, -0.05) is 30.3 Å². The van der Waals surface area contributed by atoms with Crippen molar-refractivity contribution in [3.05, 3.63) is 59.9 Å². The molecule has 6 nitrogen and oxygen atoms in total. The number of rotatable bonds is 5. The van der Waals surface area contributed by atoms with E-state index in [0.717, 1.165) is 11.3 Å². The second-order valence-corrected chi connectivity index (χ2v) is 6.36. The van der Waals surface area contributed by atoms with Crippen molar-refractivity contribution >= 4 is 5.97 Å². The van der Waals surface area contributed by atoms with E-state index in [-0.39, 0.29) is 18.3 Å². The highest BCUT2D eigenvalue weighted by molar-refractivity contribution is 5.80. The third-order valence-electron chi connectivity index (χ3n) is 4.80. The number of furan rings is 1. The monoisotopic (exact) mass is 380 g/mol. The number of benzene rings is 2. The Morgan fingerprint density at radius 2 is 1.68 bits per heavy atom. The molecule has 4 rings (SSSR count). The molecule has 0 radical (unpaired) electrons. The molecule has 1 atom stereocenters. The smallest absolute Gasteiger partial charge is 0.312 e. The van der Waals surface area contributed by atoms with Crippen LogP contribution < -0.4 is 18.9 Å². The minimum atomic E-state index is -0.358. The van der Waals surface area contributed by atoms with Gasteiger partial charge >= 0.3 is 5.97 Å². The zero-order chi connectivity index (χ0) is 19.7. The van der Waals surface area contributed by atoms with Crippen LogP contribution in [0.5, 0.6) is 23.0 Å². The van der Waals surface area contributed by atoms with Gasteiger partial charge in [-0.15, -0.1) is 0 Å². The SMILES string of the molecule is COc1cc2c(c(OC)c1OC)[C@@H](c1ccc(-c3ccccc3)o1)CC(=O)O2. The van der Waals surface area contributed by atoms with Gasteiger partial charge in [0.1, 0.15) is 17.3 Å². The lowest BCUT2D eigenvalue weighted by Gasteiger charge is -2.27. The Labute approximate surface area is 162 Å². The number of fused-ring (bicyclic) bond motifs is 1. The van der Waals surface area contributed by atoms with Gasteiger partial charge in [0.05, 0.1) is 39.2 Å². The molecule has 2 heterocycles. The Balaban J connectivity index is 1.85. The van der Waals surface area contributed by atoms with Crippen LogP contribution in [0.15, 0.2) is 52.9 Å². The fraction of sp³-hybridized carbons (Fsp3) is 0.227. The largest absolute Gasteiger partial charge is 0.493 e. The molecular formula is C22H20O6. The standard InChI is InChI=1S/C22H20O6/c1-24-18-12-17-20(22(26-3)21(18)25-2)14(11-19(23)28-17)16-10-9-15(27-16)13-7-5-4-6-8-13/h4-10,12,14H,11H2,1-3H3/t14-/m1/s1. The van der Waals surface area contributed by atoms with Crippen LogP contribution in [0.4, 0.5) is 0 Å². The first-order valence-electron chi connectivity index (χ1n) is 8.85. The molecule has 1 aromatic heterocycles. The normalized spacial score (nSPS) is 15.5. The van der Waals surface area contributed by atoms with E-state index in [0.29, 0.717) is 34.3 Å². The van der Waals surface area contributed by atoms with E-state index >= 15 is 0 Å². The van der Waals surface area contributed by atoms with E-state index in [9.17, 15) is 4.79 Å². The van der Waals surface area contributed by atoms with Gasteiger partial charge in [-0.2, -0.15) is 0 Å². The molecule has 144 valence electrons. The maximum absolute atomic E-state index is 12.3. The molecule has 2 aromatic carbocycles. The van der Waals surface area contributed by atoms with Gasteiger partial charge in [-0.25, -0.2) is 0 Å². The molecule has 0 N–H and O–H groups in total. The highest BCUT2D eigenvalue weighted by atomic mass is 16.5. The highest BCUT2D eigenvalue weighted by Crippen LogP contribution is 2.52. The molecule has 0 spiro atoms. The Morgan fingerprint density at radius 1 is 0.929 bits per heavy atom. The minimum absolute atomic E-state index is 0.139. The Morgan fingerprint density at radius 3 is 2.36 bits per heavy atom. The number of hydrogen-bond donors (Lipinski definition) is 0. The summed E-state index contributed by atoms with van der Waals surface area (Å²) in [6, 6.07) is 15.2. The zero-order valence-electron chi connectivity index (χ0n) is 15.9. The van der Waals surface area contributed by atoms with Crippen LogP contribution in [0.25, 0.3) is 11.3 Å². The van der Waals surface area contributed by atoms with Crippen LogP contribution in [-0.2, 0) is 4.79 Å². The van der Waals surface area contributed by atoms with Gasteiger partial charge in [-0.05, 0) is 12.1 Å². The molecule has 0 saturated heterocycles. The van der Waals surface area contributed by atoms with Gasteiger partial charge in [0.15, 0.2) is 11.5 Å². The van der Waals surface area contributed by atoms with Crippen molar-refractivity contribution in [2.75, 3.05) is 21.3 Å². The first-order valence-corrected chi connectivity index (χ1v) is 8.85. The zero-order valence-corrected chi connectivity index (χ0v) is 15.9. The second-order valence-electron chi connectivity index (χ2n) is 6.36. The molecule has 1 aliphatic rings. The summed E-state index contributed by atoms with van der Waals surface area (Å²) >= 11 is 0. The number of methoxy groups -OCH3 is 3. The first-order chi connectivity index (χ1) is 13.7. The molecule has 0 fully saturated rings. The Kier molecular flexibility index (Phi) is 4.69. The summed E-state index contributed by atoms with van der Waals surface area (Å²) in [7, 11) is 4.60. The van der Waals surface area contributed by atoms with E-state index in [1.807, 2.05) is 42.5 Å². The summed E-state index contributed by atoms with van der Waals surface area (Å²) in [4.78, 5) is 12.3. The highest BCUT2D eigenvalue weighted by Gasteiger charge is 2.36. The van der Waals surface area contributed by atoms with Gasteiger partial charge in [0.25, 0.3) is 0 Å². The topological polar surface area (TPSA) is 67.1 Å². The van der Waals surface area contributed by atoms with Gasteiger partial charge in [-0.3, -0.25) is 4.79 Å². The predicted molar refractivity (Wildman–Crippen MR) is 102 cm³/mol. The molecule has 28 heavy (non-hydrogen) atoms. The average Bonchev–Trinajstić information content (AvgIpc) is 3.22. The maximum Gasteiger partial charge on any atom is 0.312 e. The average molecular weight is 380 g/mol. The number of hydrogen-bond acceptors (Lipinski definition) is 6. The van der Waals surface area contributed by atoms with Crippen molar-refractivity contribution in [2.24, 2.45) is 0 Å². The summed E-state index contributed by atoms with van der Waals surface area (Å²) in [6.07, 6.45) is 0.139. The van der Waals surface area contributed by atoms with E-state index in [1.165, 1.54) is 14.2 Å². The summed E-state index contributed by atoms with van der Waals surface area (Å²) in [6.45, 7) is 0. The van der Waals surface area contributed by atoms with Crippen molar-refractivity contribution in [1.82, 2.24) is 0 Å². The third-order valence-corrected chi connectivity index (χ3v) is 4.80. The van der Waals surface area contributed by atoms with Crippen LogP contribution in [-0.4, -0.2) is 27.3 Å².